The summed E-state index contributed by atoms with van der Waals surface area (Å²) in [7, 11) is 0. The summed E-state index contributed by atoms with van der Waals surface area (Å²) in [5.41, 5.74) is 2.40. The van der Waals surface area contributed by atoms with Gasteiger partial charge in [0.2, 0.25) is 0 Å². The first-order chi connectivity index (χ1) is 10.3. The second-order valence-electron chi connectivity index (χ2n) is 6.43. The molecule has 3 nitrogen and oxygen atoms in total. The highest BCUT2D eigenvalue weighted by molar-refractivity contribution is 5.45. The smallest absolute Gasteiger partial charge is 0.0756 e. The topological polar surface area (TPSA) is 45.0 Å². The lowest BCUT2D eigenvalue weighted by molar-refractivity contribution is -0.0588. The van der Waals surface area contributed by atoms with Crippen LogP contribution in [-0.4, -0.2) is 18.2 Å². The van der Waals surface area contributed by atoms with Gasteiger partial charge in [0, 0.05) is 12.2 Å². The molecule has 2 fully saturated rings. The van der Waals surface area contributed by atoms with Gasteiger partial charge in [-0.15, -0.1) is 0 Å². The number of benzene rings is 1. The van der Waals surface area contributed by atoms with Crippen LogP contribution in [0.3, 0.4) is 0 Å². The Bertz CT molecular complexity index is 497. The van der Waals surface area contributed by atoms with Gasteiger partial charge in [0.1, 0.15) is 0 Å². The molecule has 2 aliphatic rings. The molecule has 0 aromatic heterocycles. The zero-order valence-corrected chi connectivity index (χ0v) is 12.6. The van der Waals surface area contributed by atoms with Crippen LogP contribution in [0.15, 0.2) is 24.3 Å². The van der Waals surface area contributed by atoms with Crippen molar-refractivity contribution in [1.29, 1.82) is 5.26 Å². The van der Waals surface area contributed by atoms with Crippen LogP contribution in [0.2, 0.25) is 0 Å². The fraction of sp³-hybridized carbons (Fsp3) is 0.611. The van der Waals surface area contributed by atoms with E-state index in [9.17, 15) is 0 Å². The molecule has 21 heavy (non-hydrogen) atoms. The summed E-state index contributed by atoms with van der Waals surface area (Å²) >= 11 is 0. The Morgan fingerprint density at radius 2 is 1.90 bits per heavy atom. The quantitative estimate of drug-likeness (QED) is 0.907. The third kappa shape index (κ3) is 3.57. The summed E-state index contributed by atoms with van der Waals surface area (Å²) in [6, 6.07) is 10.3. The van der Waals surface area contributed by atoms with Gasteiger partial charge in [0.25, 0.3) is 0 Å². The van der Waals surface area contributed by atoms with Crippen molar-refractivity contribution in [3.63, 3.8) is 0 Å². The largest absolute Gasteiger partial charge is 0.382 e. The highest BCUT2D eigenvalue weighted by atomic mass is 16.5. The maximum Gasteiger partial charge on any atom is 0.0756 e. The van der Waals surface area contributed by atoms with Crippen LogP contribution in [0, 0.1) is 11.3 Å². The number of nitriles is 1. The first-order valence-corrected chi connectivity index (χ1v) is 8.17. The summed E-state index contributed by atoms with van der Waals surface area (Å²) in [6.07, 6.45) is 9.80. The van der Waals surface area contributed by atoms with E-state index in [1.165, 1.54) is 44.9 Å². The predicted octanol–water partition coefficient (Wildman–Crippen LogP) is 4.05. The van der Waals surface area contributed by atoms with E-state index in [0.29, 0.717) is 12.5 Å². The molecule has 3 heteroatoms. The number of ether oxygens (including phenoxy) is 1. The lowest BCUT2D eigenvalue weighted by Gasteiger charge is -2.33. The van der Waals surface area contributed by atoms with Gasteiger partial charge in [-0.25, -0.2) is 0 Å². The number of rotatable bonds is 4. The predicted molar refractivity (Wildman–Crippen MR) is 84.2 cm³/mol. The number of nitrogens with one attached hydrogen (secondary N) is 1. The molecule has 1 aliphatic carbocycles. The van der Waals surface area contributed by atoms with E-state index in [2.05, 4.69) is 23.5 Å². The molecule has 0 amide bonds. The van der Waals surface area contributed by atoms with Crippen LogP contribution in [0.4, 0.5) is 5.69 Å². The molecule has 1 N–H and O–H groups in total. The Morgan fingerprint density at radius 3 is 2.62 bits per heavy atom. The number of nitrogens with zero attached hydrogens (tertiary/aromatic N) is 1. The molecule has 1 heterocycles. The second kappa shape index (κ2) is 6.49. The standard InChI is InChI=1S/C18H24N2O/c19-13-9-15-4-6-16(7-5-15)20-14-17-8-12-18(21-17)10-2-1-3-11-18/h4-7,17,20H,1-3,8-12,14H2. The minimum Gasteiger partial charge on any atom is -0.382 e. The third-order valence-corrected chi connectivity index (χ3v) is 4.87. The van der Waals surface area contributed by atoms with Gasteiger partial charge < -0.3 is 10.1 Å². The maximum atomic E-state index is 8.67. The molecule has 0 bridgehead atoms. The Balaban J connectivity index is 1.48. The van der Waals surface area contributed by atoms with Crippen molar-refractivity contribution in [1.82, 2.24) is 0 Å². The van der Waals surface area contributed by atoms with Gasteiger partial charge in [0.15, 0.2) is 0 Å². The van der Waals surface area contributed by atoms with Crippen LogP contribution in [0.25, 0.3) is 0 Å². The lowest BCUT2D eigenvalue weighted by Crippen LogP contribution is -2.33. The molecule has 1 aromatic rings. The van der Waals surface area contributed by atoms with Gasteiger partial charge in [-0.05, 0) is 43.4 Å². The van der Waals surface area contributed by atoms with Crippen molar-refractivity contribution in [3.8, 4) is 6.07 Å². The van der Waals surface area contributed by atoms with E-state index < -0.39 is 0 Å². The Labute approximate surface area is 127 Å². The van der Waals surface area contributed by atoms with Crippen LogP contribution in [0.5, 0.6) is 0 Å². The van der Waals surface area contributed by atoms with E-state index in [4.69, 9.17) is 10.00 Å². The molecule has 0 radical (unpaired) electrons. The van der Waals surface area contributed by atoms with Crippen molar-refractivity contribution in [2.75, 3.05) is 11.9 Å². The molecule has 3 rings (SSSR count). The highest BCUT2D eigenvalue weighted by Gasteiger charge is 2.40. The molecule has 112 valence electrons. The average molecular weight is 284 g/mol. The van der Waals surface area contributed by atoms with Crippen LogP contribution < -0.4 is 5.32 Å². The van der Waals surface area contributed by atoms with E-state index in [1.807, 2.05) is 12.1 Å². The lowest BCUT2D eigenvalue weighted by atomic mass is 9.83. The van der Waals surface area contributed by atoms with Crippen LogP contribution in [0.1, 0.15) is 50.5 Å². The van der Waals surface area contributed by atoms with E-state index in [0.717, 1.165) is 17.8 Å². The molecule has 1 spiro atoms. The van der Waals surface area contributed by atoms with Gasteiger partial charge >= 0.3 is 0 Å². The zero-order chi connectivity index (χ0) is 14.5. The van der Waals surface area contributed by atoms with Crippen molar-refractivity contribution in [2.24, 2.45) is 0 Å². The monoisotopic (exact) mass is 284 g/mol. The number of anilines is 1. The third-order valence-electron chi connectivity index (χ3n) is 4.87. The second-order valence-corrected chi connectivity index (χ2v) is 6.43. The van der Waals surface area contributed by atoms with Crippen molar-refractivity contribution < 1.29 is 4.74 Å². The fourth-order valence-corrected chi connectivity index (χ4v) is 3.67. The van der Waals surface area contributed by atoms with Gasteiger partial charge in [0.05, 0.1) is 24.2 Å². The molecule has 1 aromatic carbocycles. The minimum absolute atomic E-state index is 0.210. The molecule has 1 saturated heterocycles. The summed E-state index contributed by atoms with van der Waals surface area (Å²) < 4.78 is 6.37. The van der Waals surface area contributed by atoms with Crippen molar-refractivity contribution >= 4 is 5.69 Å². The van der Waals surface area contributed by atoms with Crippen molar-refractivity contribution in [2.45, 2.75) is 63.1 Å². The summed E-state index contributed by atoms with van der Waals surface area (Å²) in [5.74, 6) is 0. The van der Waals surface area contributed by atoms with E-state index >= 15 is 0 Å². The first-order valence-electron chi connectivity index (χ1n) is 8.17. The van der Waals surface area contributed by atoms with Gasteiger partial charge in [-0.1, -0.05) is 31.4 Å². The number of hydrogen-bond acceptors (Lipinski definition) is 3. The Hall–Kier alpha value is -1.53. The molecule has 1 atom stereocenters. The minimum atomic E-state index is 0.210. The zero-order valence-electron chi connectivity index (χ0n) is 12.6. The highest BCUT2D eigenvalue weighted by Crippen LogP contribution is 2.41. The van der Waals surface area contributed by atoms with Crippen molar-refractivity contribution in [3.05, 3.63) is 29.8 Å². The molecular formula is C18H24N2O. The average Bonchev–Trinajstić information content (AvgIpc) is 2.90. The van der Waals surface area contributed by atoms with Crippen LogP contribution >= 0.6 is 0 Å². The molecular weight excluding hydrogens is 260 g/mol. The van der Waals surface area contributed by atoms with E-state index in [1.54, 1.807) is 0 Å². The van der Waals surface area contributed by atoms with Crippen LogP contribution in [-0.2, 0) is 11.2 Å². The number of hydrogen-bond donors (Lipinski definition) is 1. The first kappa shape index (κ1) is 14.4. The fourth-order valence-electron chi connectivity index (χ4n) is 3.67. The summed E-state index contributed by atoms with van der Waals surface area (Å²) in [5, 5.41) is 12.1. The summed E-state index contributed by atoms with van der Waals surface area (Å²) in [6.45, 7) is 0.888. The molecule has 1 saturated carbocycles. The normalized spacial score (nSPS) is 23.9. The van der Waals surface area contributed by atoms with Gasteiger partial charge in [-0.2, -0.15) is 5.26 Å². The summed E-state index contributed by atoms with van der Waals surface area (Å²) in [4.78, 5) is 0. The Kier molecular flexibility index (Phi) is 4.45. The molecule has 1 unspecified atom stereocenters. The Morgan fingerprint density at radius 1 is 1.14 bits per heavy atom. The SMILES string of the molecule is N#CCc1ccc(NCC2CCC3(CCCCC3)O2)cc1. The molecule has 1 aliphatic heterocycles. The van der Waals surface area contributed by atoms with Gasteiger partial charge in [-0.3, -0.25) is 0 Å². The van der Waals surface area contributed by atoms with E-state index in [-0.39, 0.29) is 5.60 Å². The maximum absolute atomic E-state index is 8.67.